The maximum atomic E-state index is 13.4. The fourth-order valence-electron chi connectivity index (χ4n) is 2.88. The van der Waals surface area contributed by atoms with E-state index in [0.717, 1.165) is 12.0 Å². The molecule has 20 heavy (non-hydrogen) atoms. The summed E-state index contributed by atoms with van der Waals surface area (Å²) in [6.45, 7) is -0.400. The first kappa shape index (κ1) is 15.1. The van der Waals surface area contributed by atoms with E-state index in [1.807, 2.05) is 0 Å². The lowest BCUT2D eigenvalue weighted by atomic mass is 9.66. The van der Waals surface area contributed by atoms with Crippen LogP contribution < -0.4 is 0 Å². The summed E-state index contributed by atoms with van der Waals surface area (Å²) in [7, 11) is 1.09. The van der Waals surface area contributed by atoms with Gasteiger partial charge in [0.2, 0.25) is 5.91 Å². The maximum absolute atomic E-state index is 13.4. The highest BCUT2D eigenvalue weighted by Gasteiger charge is 2.60. The summed E-state index contributed by atoms with van der Waals surface area (Å²) in [6, 6.07) is -1.17. The van der Waals surface area contributed by atoms with Gasteiger partial charge in [-0.1, -0.05) is 0 Å². The number of hydrogen-bond acceptors (Lipinski definition) is 4. The molecule has 1 heterocycles. The summed E-state index contributed by atoms with van der Waals surface area (Å²) in [4.78, 5) is 24.6. The van der Waals surface area contributed by atoms with E-state index < -0.39 is 48.6 Å². The van der Waals surface area contributed by atoms with E-state index in [-0.39, 0.29) is 19.3 Å². The van der Waals surface area contributed by atoms with E-state index in [4.69, 9.17) is 0 Å². The largest absolute Gasteiger partial charge is 0.467 e. The number of hydrogen-bond donors (Lipinski definition) is 1. The predicted octanol–water partition coefficient (Wildman–Crippen LogP) is 0.505. The maximum Gasteiger partial charge on any atom is 0.328 e. The Morgan fingerprint density at radius 1 is 1.40 bits per heavy atom. The molecule has 114 valence electrons. The van der Waals surface area contributed by atoms with Crippen molar-refractivity contribution in [1.29, 1.82) is 0 Å². The molecule has 8 heteroatoms. The van der Waals surface area contributed by atoms with Crippen LogP contribution in [0.1, 0.15) is 19.3 Å². The van der Waals surface area contributed by atoms with Crippen LogP contribution in [0, 0.1) is 5.41 Å². The number of ether oxygens (including phenoxy) is 1. The van der Waals surface area contributed by atoms with Crippen LogP contribution in [-0.2, 0) is 14.3 Å². The van der Waals surface area contributed by atoms with Crippen LogP contribution in [0.15, 0.2) is 0 Å². The SMILES string of the molecule is COC(=O)[C@@H]1C[C@@H](F)CN1C(=O)C1(C(F)F)CC(O)C1. The zero-order chi connectivity index (χ0) is 15.1. The second kappa shape index (κ2) is 5.23. The van der Waals surface area contributed by atoms with Crippen molar-refractivity contribution in [2.45, 2.75) is 44.0 Å². The molecular formula is C12H16F3NO4. The number of halogens is 3. The first-order valence-electron chi connectivity index (χ1n) is 6.31. The minimum atomic E-state index is -2.96. The van der Waals surface area contributed by atoms with Crippen LogP contribution in [0.2, 0.25) is 0 Å². The van der Waals surface area contributed by atoms with Crippen LogP contribution in [0.5, 0.6) is 0 Å². The third-order valence-electron chi connectivity index (χ3n) is 4.03. The molecule has 1 amide bonds. The van der Waals surface area contributed by atoms with Gasteiger partial charge in [0.05, 0.1) is 19.8 Å². The van der Waals surface area contributed by atoms with Gasteiger partial charge in [-0.25, -0.2) is 18.0 Å². The molecule has 2 atom stereocenters. The number of carbonyl (C=O) groups excluding carboxylic acids is 2. The van der Waals surface area contributed by atoms with Crippen molar-refractivity contribution >= 4 is 11.9 Å². The number of alkyl halides is 3. The van der Waals surface area contributed by atoms with Gasteiger partial charge in [0.1, 0.15) is 17.6 Å². The highest BCUT2D eigenvalue weighted by atomic mass is 19.3. The van der Waals surface area contributed by atoms with E-state index in [9.17, 15) is 27.9 Å². The Morgan fingerprint density at radius 3 is 2.45 bits per heavy atom. The molecule has 1 saturated carbocycles. The van der Waals surface area contributed by atoms with Crippen LogP contribution in [-0.4, -0.2) is 60.3 Å². The van der Waals surface area contributed by atoms with Gasteiger partial charge in [-0.2, -0.15) is 0 Å². The summed E-state index contributed by atoms with van der Waals surface area (Å²) in [5.74, 6) is -1.80. The Labute approximate surface area is 113 Å². The molecule has 0 spiro atoms. The fraction of sp³-hybridized carbons (Fsp3) is 0.833. The molecule has 0 bridgehead atoms. The highest BCUT2D eigenvalue weighted by Crippen LogP contribution is 2.48. The van der Waals surface area contributed by atoms with E-state index in [2.05, 4.69) is 4.74 Å². The smallest absolute Gasteiger partial charge is 0.328 e. The molecule has 1 N–H and O–H groups in total. The molecule has 0 aromatic rings. The van der Waals surface area contributed by atoms with E-state index >= 15 is 0 Å². The summed E-state index contributed by atoms with van der Waals surface area (Å²) >= 11 is 0. The van der Waals surface area contributed by atoms with Gasteiger partial charge in [0, 0.05) is 6.42 Å². The lowest BCUT2D eigenvalue weighted by Gasteiger charge is -2.45. The third-order valence-corrected chi connectivity index (χ3v) is 4.03. The number of amides is 1. The summed E-state index contributed by atoms with van der Waals surface area (Å²) in [5, 5.41) is 9.23. The predicted molar refractivity (Wildman–Crippen MR) is 60.7 cm³/mol. The van der Waals surface area contributed by atoms with Gasteiger partial charge >= 0.3 is 5.97 Å². The number of rotatable bonds is 3. The Bertz CT molecular complexity index is 412. The molecule has 2 rings (SSSR count). The molecule has 0 aromatic carbocycles. The zero-order valence-corrected chi connectivity index (χ0v) is 10.9. The standard InChI is InChI=1S/C12H16F3NO4/c1-20-9(18)8-2-6(13)5-16(8)11(19)12(10(14)15)3-7(17)4-12/h6-8,10,17H,2-5H2,1H3/t6-,7?,8+,12?/m1/s1. The second-order valence-electron chi connectivity index (χ2n) is 5.35. The molecule has 1 saturated heterocycles. The van der Waals surface area contributed by atoms with Crippen molar-refractivity contribution in [3.05, 3.63) is 0 Å². The van der Waals surface area contributed by atoms with Gasteiger partial charge in [0.15, 0.2) is 0 Å². The molecule has 0 unspecified atom stereocenters. The van der Waals surface area contributed by atoms with Crippen molar-refractivity contribution in [2.24, 2.45) is 5.41 Å². The fourth-order valence-corrected chi connectivity index (χ4v) is 2.88. The quantitative estimate of drug-likeness (QED) is 0.770. The van der Waals surface area contributed by atoms with Crippen molar-refractivity contribution in [3.63, 3.8) is 0 Å². The summed E-state index contributed by atoms with van der Waals surface area (Å²) < 4.78 is 44.2. The number of esters is 1. The molecule has 1 aliphatic heterocycles. The second-order valence-corrected chi connectivity index (χ2v) is 5.35. The molecule has 0 radical (unpaired) electrons. The van der Waals surface area contributed by atoms with Crippen molar-refractivity contribution in [2.75, 3.05) is 13.7 Å². The minimum absolute atomic E-state index is 0.250. The lowest BCUT2D eigenvalue weighted by molar-refractivity contribution is -0.180. The number of methoxy groups -OCH3 is 1. The topological polar surface area (TPSA) is 66.8 Å². The Hall–Kier alpha value is -1.31. The van der Waals surface area contributed by atoms with E-state index in [0.29, 0.717) is 0 Å². The third kappa shape index (κ3) is 2.25. The van der Waals surface area contributed by atoms with E-state index in [1.165, 1.54) is 0 Å². The zero-order valence-electron chi connectivity index (χ0n) is 10.9. The molecular weight excluding hydrogens is 279 g/mol. The van der Waals surface area contributed by atoms with Crippen molar-refractivity contribution in [1.82, 2.24) is 4.90 Å². The van der Waals surface area contributed by atoms with Crippen LogP contribution in [0.3, 0.4) is 0 Å². The summed E-state index contributed by atoms with van der Waals surface area (Å²) in [6.07, 6.45) is -6.36. The number of aliphatic hydroxyl groups excluding tert-OH is 1. The van der Waals surface area contributed by atoms with Crippen LogP contribution in [0.4, 0.5) is 13.2 Å². The lowest BCUT2D eigenvalue weighted by Crippen LogP contribution is -2.59. The molecule has 2 fully saturated rings. The molecule has 5 nitrogen and oxygen atoms in total. The number of nitrogens with zero attached hydrogens (tertiary/aromatic N) is 1. The number of carbonyl (C=O) groups is 2. The first-order chi connectivity index (χ1) is 9.31. The van der Waals surface area contributed by atoms with Crippen LogP contribution >= 0.6 is 0 Å². The van der Waals surface area contributed by atoms with Gasteiger partial charge in [-0.15, -0.1) is 0 Å². The van der Waals surface area contributed by atoms with Gasteiger partial charge < -0.3 is 14.7 Å². The van der Waals surface area contributed by atoms with Crippen molar-refractivity contribution in [3.8, 4) is 0 Å². The van der Waals surface area contributed by atoms with Gasteiger partial charge in [-0.05, 0) is 12.8 Å². The van der Waals surface area contributed by atoms with Gasteiger partial charge in [0.25, 0.3) is 6.43 Å². The average molecular weight is 295 g/mol. The average Bonchev–Trinajstić information content (AvgIpc) is 2.74. The Balaban J connectivity index is 2.20. The van der Waals surface area contributed by atoms with E-state index in [1.54, 1.807) is 0 Å². The molecule has 2 aliphatic rings. The normalized spacial score (nSPS) is 36.9. The van der Waals surface area contributed by atoms with Crippen molar-refractivity contribution < 1.29 is 32.6 Å². The Kier molecular flexibility index (Phi) is 3.95. The Morgan fingerprint density at radius 2 is 2.00 bits per heavy atom. The summed E-state index contributed by atoms with van der Waals surface area (Å²) in [5.41, 5.74) is -2.00. The first-order valence-corrected chi connectivity index (χ1v) is 6.31. The number of likely N-dealkylation sites (tertiary alicyclic amines) is 1. The van der Waals surface area contributed by atoms with Gasteiger partial charge in [-0.3, -0.25) is 4.79 Å². The monoisotopic (exact) mass is 295 g/mol. The number of aliphatic hydroxyl groups is 1. The highest BCUT2D eigenvalue weighted by molar-refractivity contribution is 5.89. The molecule has 1 aliphatic carbocycles. The van der Waals surface area contributed by atoms with Crippen LogP contribution in [0.25, 0.3) is 0 Å². The molecule has 0 aromatic heterocycles. The minimum Gasteiger partial charge on any atom is -0.467 e.